The summed E-state index contributed by atoms with van der Waals surface area (Å²) in [6, 6.07) is 0. The van der Waals surface area contributed by atoms with Gasteiger partial charge in [0, 0.05) is 0 Å². The molecule has 0 amide bonds. The Bertz CT molecular complexity index is 156. The van der Waals surface area contributed by atoms with Crippen LogP contribution in [0.15, 0.2) is 0 Å². The Hall–Kier alpha value is 0.280. The average molecular weight is 238 g/mol. The van der Waals surface area contributed by atoms with Crippen LogP contribution in [0.5, 0.6) is 0 Å². The van der Waals surface area contributed by atoms with Crippen LogP contribution < -0.4 is 0 Å². The fourth-order valence-electron chi connectivity index (χ4n) is 1.60. The van der Waals surface area contributed by atoms with Crippen LogP contribution in [0.25, 0.3) is 0 Å². The van der Waals surface area contributed by atoms with Crippen molar-refractivity contribution in [3.63, 3.8) is 0 Å². The molecule has 1 unspecified atom stereocenters. The minimum absolute atomic E-state index is 0.286. The van der Waals surface area contributed by atoms with Crippen LogP contribution >= 0.6 is 8.38 Å². The molecule has 0 aromatic rings. The third kappa shape index (κ3) is 6.44. The SMILES string of the molecule is CCCCCCC(F)(CCCC)P(O)O. The summed E-state index contributed by atoms with van der Waals surface area (Å²) < 4.78 is 14.1. The predicted octanol–water partition coefficient (Wildman–Crippen LogP) is 4.11. The molecule has 2 N–H and O–H groups in total. The van der Waals surface area contributed by atoms with Gasteiger partial charge in [-0.1, -0.05) is 39.5 Å². The molecule has 4 heteroatoms. The summed E-state index contributed by atoms with van der Waals surface area (Å²) in [5.41, 5.74) is 0. The number of alkyl halides is 1. The van der Waals surface area contributed by atoms with E-state index in [1.54, 1.807) is 0 Å². The Morgan fingerprint density at radius 3 is 1.93 bits per heavy atom. The normalized spacial score (nSPS) is 15.6. The summed E-state index contributed by atoms with van der Waals surface area (Å²) in [4.78, 5) is 18.2. The Labute approximate surface area is 93.8 Å². The second kappa shape index (κ2) is 8.43. The van der Waals surface area contributed by atoms with Gasteiger partial charge in [0.1, 0.15) is 0 Å². The van der Waals surface area contributed by atoms with Crippen LogP contribution in [-0.2, 0) is 0 Å². The van der Waals surface area contributed by atoms with E-state index >= 15 is 0 Å². The number of unbranched alkanes of at least 4 members (excludes halogenated alkanes) is 4. The molecule has 0 radical (unpaired) electrons. The lowest BCUT2D eigenvalue weighted by Crippen LogP contribution is -2.20. The van der Waals surface area contributed by atoms with Crippen molar-refractivity contribution in [2.75, 3.05) is 0 Å². The van der Waals surface area contributed by atoms with Crippen LogP contribution in [0, 0.1) is 0 Å². The monoisotopic (exact) mass is 238 g/mol. The molecule has 0 heterocycles. The third-order valence-electron chi connectivity index (χ3n) is 2.69. The molecule has 0 fully saturated rings. The first-order valence-corrected chi connectivity index (χ1v) is 7.18. The smallest absolute Gasteiger partial charge is 0.205 e. The molecule has 1 atom stereocenters. The lowest BCUT2D eigenvalue weighted by Gasteiger charge is -2.25. The van der Waals surface area contributed by atoms with Crippen molar-refractivity contribution in [1.82, 2.24) is 0 Å². The molecule has 92 valence electrons. The molecule has 2 nitrogen and oxygen atoms in total. The molecule has 0 aromatic carbocycles. The molecule has 0 saturated carbocycles. The molecule has 0 aliphatic heterocycles. The first-order valence-electron chi connectivity index (χ1n) is 5.93. The van der Waals surface area contributed by atoms with Crippen molar-refractivity contribution < 1.29 is 14.2 Å². The number of rotatable bonds is 9. The van der Waals surface area contributed by atoms with E-state index in [1.165, 1.54) is 0 Å². The summed E-state index contributed by atoms with van der Waals surface area (Å²) in [5.74, 6) is 0. The molecule has 0 rings (SSSR count). The number of halogens is 1. The van der Waals surface area contributed by atoms with E-state index in [2.05, 4.69) is 6.92 Å². The standard InChI is InChI=1S/C11H24FO2P/c1-3-5-7-8-10-11(12,15(13)14)9-6-4-2/h13-14H,3-10H2,1-2H3. The van der Waals surface area contributed by atoms with Gasteiger partial charge in [0.25, 0.3) is 0 Å². The molecular weight excluding hydrogens is 214 g/mol. The summed E-state index contributed by atoms with van der Waals surface area (Å²) in [7, 11) is -2.45. The van der Waals surface area contributed by atoms with Gasteiger partial charge in [-0.15, -0.1) is 0 Å². The van der Waals surface area contributed by atoms with E-state index in [4.69, 9.17) is 9.79 Å². The molecule has 0 aliphatic carbocycles. The Kier molecular flexibility index (Phi) is 8.59. The molecule has 0 spiro atoms. The second-order valence-electron chi connectivity index (χ2n) is 4.12. The van der Waals surface area contributed by atoms with Crippen LogP contribution in [0.3, 0.4) is 0 Å². The summed E-state index contributed by atoms with van der Waals surface area (Å²) in [6.07, 6.45) is 6.15. The van der Waals surface area contributed by atoms with Crippen LogP contribution in [0.4, 0.5) is 4.39 Å². The topological polar surface area (TPSA) is 40.5 Å². The van der Waals surface area contributed by atoms with E-state index in [-0.39, 0.29) is 6.42 Å². The van der Waals surface area contributed by atoms with Crippen LogP contribution in [0.2, 0.25) is 0 Å². The van der Waals surface area contributed by atoms with Gasteiger partial charge >= 0.3 is 0 Å². The minimum atomic E-state index is -2.45. The summed E-state index contributed by atoms with van der Waals surface area (Å²) in [6.45, 7) is 4.08. The lowest BCUT2D eigenvalue weighted by atomic mass is 10.1. The maximum atomic E-state index is 14.1. The number of hydrogen-bond acceptors (Lipinski definition) is 2. The van der Waals surface area contributed by atoms with Gasteiger partial charge in [0.2, 0.25) is 8.38 Å². The average Bonchev–Trinajstić information content (AvgIpc) is 2.21. The zero-order valence-corrected chi connectivity index (χ0v) is 10.8. The van der Waals surface area contributed by atoms with Crippen molar-refractivity contribution in [2.45, 2.75) is 70.6 Å². The van der Waals surface area contributed by atoms with E-state index in [1.807, 2.05) is 6.92 Å². The molecule has 0 aliphatic rings. The maximum Gasteiger partial charge on any atom is 0.205 e. The highest BCUT2D eigenvalue weighted by molar-refractivity contribution is 7.46. The van der Waals surface area contributed by atoms with Crippen molar-refractivity contribution in [1.29, 1.82) is 0 Å². The van der Waals surface area contributed by atoms with Gasteiger partial charge in [0.15, 0.2) is 5.41 Å². The van der Waals surface area contributed by atoms with Gasteiger partial charge in [-0.3, -0.25) is 0 Å². The first-order chi connectivity index (χ1) is 7.06. The van der Waals surface area contributed by atoms with Crippen molar-refractivity contribution in [2.24, 2.45) is 0 Å². The third-order valence-corrected chi connectivity index (χ3v) is 3.85. The van der Waals surface area contributed by atoms with Gasteiger partial charge < -0.3 is 9.79 Å². The molecule has 0 saturated heterocycles. The van der Waals surface area contributed by atoms with E-state index in [0.717, 1.165) is 38.5 Å². The fourth-order valence-corrected chi connectivity index (χ4v) is 2.31. The second-order valence-corrected chi connectivity index (χ2v) is 5.50. The highest BCUT2D eigenvalue weighted by Crippen LogP contribution is 2.50. The quantitative estimate of drug-likeness (QED) is 0.469. The Morgan fingerprint density at radius 1 is 0.933 bits per heavy atom. The zero-order valence-electron chi connectivity index (χ0n) is 9.88. The maximum absolute atomic E-state index is 14.1. The van der Waals surface area contributed by atoms with Crippen molar-refractivity contribution in [3.8, 4) is 0 Å². The highest BCUT2D eigenvalue weighted by atomic mass is 31.2. The van der Waals surface area contributed by atoms with Crippen LogP contribution in [-0.4, -0.2) is 15.2 Å². The minimum Gasteiger partial charge on any atom is -0.348 e. The van der Waals surface area contributed by atoms with Crippen molar-refractivity contribution in [3.05, 3.63) is 0 Å². The molecular formula is C11H24FO2P. The largest absolute Gasteiger partial charge is 0.348 e. The Morgan fingerprint density at radius 2 is 1.47 bits per heavy atom. The van der Waals surface area contributed by atoms with Crippen molar-refractivity contribution >= 4 is 8.38 Å². The lowest BCUT2D eigenvalue weighted by molar-refractivity contribution is 0.198. The molecule has 15 heavy (non-hydrogen) atoms. The van der Waals surface area contributed by atoms with Gasteiger partial charge in [-0.05, 0) is 25.7 Å². The molecule has 0 bridgehead atoms. The summed E-state index contributed by atoms with van der Waals surface area (Å²) >= 11 is 0. The van der Waals surface area contributed by atoms with Gasteiger partial charge in [-0.25, -0.2) is 4.39 Å². The zero-order chi connectivity index (χ0) is 11.7. The summed E-state index contributed by atoms with van der Waals surface area (Å²) in [5, 5.41) is -1.72. The van der Waals surface area contributed by atoms with Gasteiger partial charge in [-0.2, -0.15) is 0 Å². The van der Waals surface area contributed by atoms with E-state index in [0.29, 0.717) is 6.42 Å². The first kappa shape index (κ1) is 15.3. The van der Waals surface area contributed by atoms with E-state index < -0.39 is 13.8 Å². The Balaban J connectivity index is 3.90. The fraction of sp³-hybridized carbons (Fsp3) is 1.00. The predicted molar refractivity (Wildman–Crippen MR) is 63.5 cm³/mol. The molecule has 0 aromatic heterocycles. The highest BCUT2D eigenvalue weighted by Gasteiger charge is 2.36. The van der Waals surface area contributed by atoms with E-state index in [9.17, 15) is 4.39 Å². The van der Waals surface area contributed by atoms with Crippen LogP contribution in [0.1, 0.15) is 65.2 Å². The van der Waals surface area contributed by atoms with Gasteiger partial charge in [0.05, 0.1) is 0 Å². The number of hydrogen-bond donors (Lipinski definition) is 2.